The summed E-state index contributed by atoms with van der Waals surface area (Å²) in [6.07, 6.45) is -4.26. The van der Waals surface area contributed by atoms with E-state index in [2.05, 4.69) is 10.3 Å². The van der Waals surface area contributed by atoms with Crippen molar-refractivity contribution >= 4 is 18.3 Å². The average molecular weight is 408 g/mol. The molecule has 0 radical (unpaired) electrons. The molecule has 0 spiro atoms. The van der Waals surface area contributed by atoms with Crippen LogP contribution < -0.4 is 5.73 Å². The van der Waals surface area contributed by atoms with Crippen molar-refractivity contribution in [1.29, 1.82) is 0 Å². The Morgan fingerprint density at radius 3 is 2.44 bits per heavy atom. The van der Waals surface area contributed by atoms with Gasteiger partial charge in [-0.1, -0.05) is 12.1 Å². The normalized spacial score (nSPS) is 19.9. The Hall–Kier alpha value is -2.20. The van der Waals surface area contributed by atoms with Gasteiger partial charge in [-0.05, 0) is 42.6 Å². The average Bonchev–Trinajstić information content (AvgIpc) is 3.19. The minimum absolute atomic E-state index is 0. The number of amides is 1. The van der Waals surface area contributed by atoms with Crippen molar-refractivity contribution in [2.75, 3.05) is 19.6 Å². The summed E-state index contributed by atoms with van der Waals surface area (Å²) in [7, 11) is 0. The van der Waals surface area contributed by atoms with E-state index in [1.165, 1.54) is 4.90 Å². The predicted octanol–water partition coefficient (Wildman–Crippen LogP) is 2.66. The number of nitrogens with zero attached hydrogens (tertiary/aromatic N) is 4. The Morgan fingerprint density at radius 1 is 1.30 bits per heavy atom. The van der Waals surface area contributed by atoms with Crippen molar-refractivity contribution in [3.8, 4) is 5.69 Å². The molecule has 0 aliphatic carbocycles. The number of nitrogens with two attached hydrogens (primary N) is 1. The monoisotopic (exact) mass is 407 g/mol. The highest BCUT2D eigenvalue weighted by molar-refractivity contribution is 5.93. The zero-order valence-electron chi connectivity index (χ0n) is 14.3. The lowest BCUT2D eigenvalue weighted by Gasteiger charge is -2.22. The summed E-state index contributed by atoms with van der Waals surface area (Å²) >= 11 is 0. The second-order valence-corrected chi connectivity index (χ2v) is 6.66. The number of benzene rings is 1. The molecule has 0 saturated carbocycles. The van der Waals surface area contributed by atoms with E-state index in [0.29, 0.717) is 24.2 Å². The number of likely N-dealkylation sites (tertiary alicyclic amines) is 1. The molecule has 2 heterocycles. The largest absolute Gasteiger partial charge is 0.435 e. The number of hydrogen-bond donors (Lipinski definition) is 1. The summed E-state index contributed by atoms with van der Waals surface area (Å²) in [5, 5.41) is 6.96. The van der Waals surface area contributed by atoms with Crippen LogP contribution in [0.5, 0.6) is 0 Å². The van der Waals surface area contributed by atoms with Crippen LogP contribution in [0.25, 0.3) is 5.69 Å². The van der Waals surface area contributed by atoms with Gasteiger partial charge in [0.05, 0.1) is 5.69 Å². The number of rotatable bonds is 3. The second kappa shape index (κ2) is 7.43. The SMILES string of the molecule is CC1(CN)CCN(C(=O)c2nnn(-c3ccc(F)cc3)c2C(F)(F)F)C1.Cl. The van der Waals surface area contributed by atoms with Crippen LogP contribution in [0.4, 0.5) is 17.6 Å². The fourth-order valence-corrected chi connectivity index (χ4v) is 2.96. The van der Waals surface area contributed by atoms with Gasteiger partial charge in [0.1, 0.15) is 5.82 Å². The summed E-state index contributed by atoms with van der Waals surface area (Å²) in [4.78, 5) is 13.9. The Labute approximate surface area is 158 Å². The van der Waals surface area contributed by atoms with Crippen molar-refractivity contribution in [1.82, 2.24) is 19.9 Å². The fourth-order valence-electron chi connectivity index (χ4n) is 2.96. The molecular formula is C16H18ClF4N5O. The van der Waals surface area contributed by atoms with Crippen LogP contribution in [-0.4, -0.2) is 45.4 Å². The molecule has 27 heavy (non-hydrogen) atoms. The highest BCUT2D eigenvalue weighted by atomic mass is 35.5. The number of alkyl halides is 3. The molecule has 1 aromatic heterocycles. The van der Waals surface area contributed by atoms with E-state index in [4.69, 9.17) is 5.73 Å². The first-order valence-corrected chi connectivity index (χ1v) is 7.93. The molecular weight excluding hydrogens is 390 g/mol. The number of carbonyl (C=O) groups is 1. The third-order valence-corrected chi connectivity index (χ3v) is 4.55. The van der Waals surface area contributed by atoms with Gasteiger partial charge < -0.3 is 10.6 Å². The van der Waals surface area contributed by atoms with Crippen LogP contribution in [0.1, 0.15) is 29.5 Å². The van der Waals surface area contributed by atoms with Crippen LogP contribution in [0, 0.1) is 11.2 Å². The Morgan fingerprint density at radius 2 is 1.93 bits per heavy atom. The van der Waals surface area contributed by atoms with Gasteiger partial charge in [-0.2, -0.15) is 13.2 Å². The summed E-state index contributed by atoms with van der Waals surface area (Å²) < 4.78 is 54.4. The van der Waals surface area contributed by atoms with E-state index in [1.807, 2.05) is 6.92 Å². The zero-order valence-corrected chi connectivity index (χ0v) is 15.1. The Bertz CT molecular complexity index is 823. The van der Waals surface area contributed by atoms with Gasteiger partial charge in [0, 0.05) is 13.1 Å². The molecule has 6 nitrogen and oxygen atoms in total. The van der Waals surface area contributed by atoms with E-state index < -0.39 is 29.3 Å². The van der Waals surface area contributed by atoms with Crippen LogP contribution >= 0.6 is 12.4 Å². The molecule has 1 saturated heterocycles. The molecule has 1 atom stereocenters. The molecule has 3 rings (SSSR count). The Kier molecular flexibility index (Phi) is 5.81. The van der Waals surface area contributed by atoms with E-state index >= 15 is 0 Å². The first-order chi connectivity index (χ1) is 12.1. The lowest BCUT2D eigenvalue weighted by atomic mass is 9.90. The summed E-state index contributed by atoms with van der Waals surface area (Å²) in [5.41, 5.74) is 3.25. The molecule has 2 N–H and O–H groups in total. The molecule has 1 aromatic carbocycles. The first-order valence-electron chi connectivity index (χ1n) is 7.93. The van der Waals surface area contributed by atoms with Gasteiger partial charge >= 0.3 is 6.18 Å². The molecule has 148 valence electrons. The van der Waals surface area contributed by atoms with E-state index in [-0.39, 0.29) is 30.1 Å². The molecule has 0 bridgehead atoms. The third-order valence-electron chi connectivity index (χ3n) is 4.55. The highest BCUT2D eigenvalue weighted by Crippen LogP contribution is 2.35. The third kappa shape index (κ3) is 4.06. The van der Waals surface area contributed by atoms with Gasteiger partial charge in [0.15, 0.2) is 11.4 Å². The molecule has 1 aliphatic rings. The molecule has 1 fully saturated rings. The number of carbonyl (C=O) groups excluding carboxylic acids is 1. The topological polar surface area (TPSA) is 77.0 Å². The summed E-state index contributed by atoms with van der Waals surface area (Å²) in [6.45, 7) is 2.75. The van der Waals surface area contributed by atoms with Crippen LogP contribution in [0.3, 0.4) is 0 Å². The summed E-state index contributed by atoms with van der Waals surface area (Å²) in [6, 6.07) is 4.28. The van der Waals surface area contributed by atoms with Gasteiger partial charge in [-0.15, -0.1) is 17.5 Å². The molecule has 1 unspecified atom stereocenters. The standard InChI is InChI=1S/C16H17F4N5O.ClH/c1-15(8-21)6-7-24(9-15)14(26)12-13(16(18,19)20)25(23-22-12)11-4-2-10(17)3-5-11;/h2-5H,6-9,21H2,1H3;1H. The van der Waals surface area contributed by atoms with Crippen molar-refractivity contribution in [3.05, 3.63) is 41.5 Å². The van der Waals surface area contributed by atoms with E-state index in [1.54, 1.807) is 0 Å². The number of aromatic nitrogens is 3. The zero-order chi connectivity index (χ0) is 19.1. The second-order valence-electron chi connectivity index (χ2n) is 6.66. The molecule has 2 aromatic rings. The van der Waals surface area contributed by atoms with Gasteiger partial charge in [0.2, 0.25) is 0 Å². The number of hydrogen-bond acceptors (Lipinski definition) is 4. The highest BCUT2D eigenvalue weighted by Gasteiger charge is 2.44. The predicted molar refractivity (Wildman–Crippen MR) is 91.2 cm³/mol. The summed E-state index contributed by atoms with van der Waals surface area (Å²) in [5.74, 6) is -1.44. The van der Waals surface area contributed by atoms with Crippen molar-refractivity contribution in [2.45, 2.75) is 19.5 Å². The number of halogens is 5. The first kappa shape index (κ1) is 21.1. The van der Waals surface area contributed by atoms with E-state index in [0.717, 1.165) is 24.3 Å². The lowest BCUT2D eigenvalue weighted by Crippen LogP contribution is -2.35. The maximum absolute atomic E-state index is 13.6. The van der Waals surface area contributed by atoms with Crippen molar-refractivity contribution in [3.63, 3.8) is 0 Å². The van der Waals surface area contributed by atoms with Crippen LogP contribution in [-0.2, 0) is 6.18 Å². The lowest BCUT2D eigenvalue weighted by molar-refractivity contribution is -0.143. The Balaban J connectivity index is 0.00000261. The van der Waals surface area contributed by atoms with E-state index in [9.17, 15) is 22.4 Å². The van der Waals surface area contributed by atoms with Gasteiger partial charge in [-0.25, -0.2) is 9.07 Å². The minimum Gasteiger partial charge on any atom is -0.337 e. The van der Waals surface area contributed by atoms with Gasteiger partial charge in [-0.3, -0.25) is 4.79 Å². The van der Waals surface area contributed by atoms with Crippen LogP contribution in [0.2, 0.25) is 0 Å². The van der Waals surface area contributed by atoms with Crippen LogP contribution in [0.15, 0.2) is 24.3 Å². The van der Waals surface area contributed by atoms with Gasteiger partial charge in [0.25, 0.3) is 5.91 Å². The van der Waals surface area contributed by atoms with Crippen molar-refractivity contribution < 1.29 is 22.4 Å². The molecule has 1 aliphatic heterocycles. The quantitative estimate of drug-likeness (QED) is 0.793. The molecule has 11 heteroatoms. The minimum atomic E-state index is -4.86. The maximum Gasteiger partial charge on any atom is 0.435 e. The maximum atomic E-state index is 13.6. The fraction of sp³-hybridized carbons (Fsp3) is 0.438. The smallest absolute Gasteiger partial charge is 0.337 e. The molecule has 1 amide bonds. The van der Waals surface area contributed by atoms with Crippen molar-refractivity contribution in [2.24, 2.45) is 11.1 Å².